The fraction of sp³-hybridized carbons (Fsp3) is 1.00. The highest BCUT2D eigenvalue weighted by atomic mass is 79.9. The van der Waals surface area contributed by atoms with Crippen LogP contribution in [0.3, 0.4) is 0 Å². The molecule has 6 heteroatoms. The van der Waals surface area contributed by atoms with Crippen LogP contribution in [-0.4, -0.2) is 18.6 Å². The lowest BCUT2D eigenvalue weighted by Crippen LogP contribution is -2.03. The minimum Gasteiger partial charge on any atom is -0.258 e. The predicted octanol–water partition coefficient (Wildman–Crippen LogP) is 1.04. The zero-order chi connectivity index (χ0) is 6.62. The maximum atomic E-state index is 10.3. The summed E-state index contributed by atoms with van der Waals surface area (Å²) in [4.78, 5) is 0. The Labute approximate surface area is 64.8 Å². The van der Waals surface area contributed by atoms with Gasteiger partial charge < -0.3 is 0 Å². The van der Waals surface area contributed by atoms with E-state index in [1.54, 1.807) is 0 Å². The van der Waals surface area contributed by atoms with Crippen molar-refractivity contribution >= 4 is 42.0 Å². The second kappa shape index (κ2) is 3.81. The lowest BCUT2D eigenvalue weighted by atomic mass is 11.8. The largest absolute Gasteiger partial charge is 0.278 e. The van der Waals surface area contributed by atoms with E-state index in [0.29, 0.717) is 0 Å². The van der Waals surface area contributed by atoms with Crippen LogP contribution >= 0.6 is 31.9 Å². The predicted molar refractivity (Wildman–Crippen MR) is 37.6 cm³/mol. The highest BCUT2D eigenvalue weighted by Gasteiger charge is 2.04. The molecule has 0 aliphatic carbocycles. The molecule has 0 rings (SSSR count). The third-order valence-electron chi connectivity index (χ3n) is 0.358. The molecule has 8 heavy (non-hydrogen) atoms. The molecule has 0 aromatic carbocycles. The summed E-state index contributed by atoms with van der Waals surface area (Å²) in [7, 11) is -3.30. The van der Waals surface area contributed by atoms with Crippen LogP contribution in [0.5, 0.6) is 0 Å². The van der Waals surface area contributed by atoms with Crippen molar-refractivity contribution in [2.45, 2.75) is 0 Å². The summed E-state index contributed by atoms with van der Waals surface area (Å²) in [6, 6.07) is 0. The molecular weight excluding hydrogens is 264 g/mol. The van der Waals surface area contributed by atoms with Crippen LogP contribution in [0.15, 0.2) is 0 Å². The number of rotatable bonds is 3. The van der Waals surface area contributed by atoms with Crippen molar-refractivity contribution in [1.29, 1.82) is 0 Å². The van der Waals surface area contributed by atoms with E-state index < -0.39 is 10.1 Å². The van der Waals surface area contributed by atoms with Gasteiger partial charge in [-0.25, -0.2) is 0 Å². The first-order valence-corrected chi connectivity index (χ1v) is 5.43. The smallest absolute Gasteiger partial charge is 0.258 e. The standard InChI is InChI=1S/C2H4Br2O3S/c3-1-7-8(5,6)2-4/h1-2H2. The molecule has 0 aliphatic rings. The summed E-state index contributed by atoms with van der Waals surface area (Å²) < 4.78 is 24.7. The van der Waals surface area contributed by atoms with Crippen molar-refractivity contribution in [2.75, 3.05) is 10.2 Å². The number of alkyl halides is 2. The van der Waals surface area contributed by atoms with Crippen molar-refractivity contribution in [3.05, 3.63) is 0 Å². The first-order valence-electron chi connectivity index (χ1n) is 1.61. The lowest BCUT2D eigenvalue weighted by molar-refractivity contribution is 0.389. The van der Waals surface area contributed by atoms with E-state index >= 15 is 0 Å². The normalized spacial score (nSPS) is 11.8. The summed E-state index contributed by atoms with van der Waals surface area (Å²) in [6.45, 7) is 0. The molecule has 0 spiro atoms. The topological polar surface area (TPSA) is 43.4 Å². The highest BCUT2D eigenvalue weighted by molar-refractivity contribution is 9.10. The van der Waals surface area contributed by atoms with Gasteiger partial charge in [0.15, 0.2) is 0 Å². The highest BCUT2D eigenvalue weighted by Crippen LogP contribution is 1.98. The first kappa shape index (κ1) is 8.87. The van der Waals surface area contributed by atoms with E-state index in [1.165, 1.54) is 0 Å². The van der Waals surface area contributed by atoms with Crippen LogP contribution in [0.2, 0.25) is 0 Å². The fourth-order valence-electron chi connectivity index (χ4n) is 0.0994. The van der Waals surface area contributed by atoms with Gasteiger partial charge in [0.25, 0.3) is 10.1 Å². The maximum absolute atomic E-state index is 10.3. The first-order chi connectivity index (χ1) is 3.62. The molecule has 0 aliphatic heterocycles. The molecule has 0 atom stereocenters. The molecule has 0 aromatic heterocycles. The molecule has 0 N–H and O–H groups in total. The minimum absolute atomic E-state index is 0.0148. The summed E-state index contributed by atoms with van der Waals surface area (Å²) >= 11 is 5.54. The molecule has 0 radical (unpaired) electrons. The average Bonchev–Trinajstić information content (AvgIpc) is 1.67. The van der Waals surface area contributed by atoms with Gasteiger partial charge in [-0.05, 0) is 0 Å². The van der Waals surface area contributed by atoms with Crippen LogP contribution in [-0.2, 0) is 14.3 Å². The SMILES string of the molecule is O=S(=O)(CBr)OCBr. The molecule has 50 valence electrons. The fourth-order valence-corrected chi connectivity index (χ4v) is 1.55. The molecule has 0 bridgehead atoms. The monoisotopic (exact) mass is 266 g/mol. The van der Waals surface area contributed by atoms with Gasteiger partial charge in [-0.2, -0.15) is 8.42 Å². The Hall–Kier alpha value is 0.870. The van der Waals surface area contributed by atoms with Gasteiger partial charge in [0.05, 0.1) is 0 Å². The molecule has 0 saturated carbocycles. The van der Waals surface area contributed by atoms with Gasteiger partial charge in [-0.3, -0.25) is 4.18 Å². The Kier molecular flexibility index (Phi) is 4.23. The van der Waals surface area contributed by atoms with E-state index in [2.05, 4.69) is 36.0 Å². The van der Waals surface area contributed by atoms with Crippen molar-refractivity contribution in [2.24, 2.45) is 0 Å². The summed E-state index contributed by atoms with van der Waals surface area (Å²) in [6.07, 6.45) is 0. The van der Waals surface area contributed by atoms with Gasteiger partial charge in [0.2, 0.25) is 0 Å². The quantitative estimate of drug-likeness (QED) is 0.567. The van der Waals surface area contributed by atoms with Gasteiger partial charge in [-0.15, -0.1) is 0 Å². The van der Waals surface area contributed by atoms with Crippen molar-refractivity contribution in [3.63, 3.8) is 0 Å². The van der Waals surface area contributed by atoms with Gasteiger partial charge in [0, 0.05) is 0 Å². The van der Waals surface area contributed by atoms with Crippen LogP contribution in [0.25, 0.3) is 0 Å². The van der Waals surface area contributed by atoms with Crippen LogP contribution < -0.4 is 0 Å². The second-order valence-electron chi connectivity index (χ2n) is 0.894. The van der Waals surface area contributed by atoms with Crippen molar-refractivity contribution in [3.8, 4) is 0 Å². The lowest BCUT2D eigenvalue weighted by Gasteiger charge is -1.93. The van der Waals surface area contributed by atoms with Gasteiger partial charge >= 0.3 is 0 Å². The molecule has 0 fully saturated rings. The molecule has 0 heterocycles. The summed E-state index contributed by atoms with van der Waals surface area (Å²) in [5, 5.41) is 0. The Morgan fingerprint density at radius 2 is 1.88 bits per heavy atom. The third-order valence-corrected chi connectivity index (χ3v) is 3.32. The summed E-state index contributed by atoms with van der Waals surface area (Å²) in [5.74, 6) is 0. The number of halogens is 2. The molecule has 0 saturated heterocycles. The van der Waals surface area contributed by atoms with E-state index in [0.717, 1.165) is 0 Å². The number of hydrogen-bond donors (Lipinski definition) is 0. The van der Waals surface area contributed by atoms with Crippen LogP contribution in [0, 0.1) is 0 Å². The average molecular weight is 268 g/mol. The molecule has 0 unspecified atom stereocenters. The molecule has 0 amide bonds. The van der Waals surface area contributed by atoms with Crippen molar-refractivity contribution < 1.29 is 12.6 Å². The Bertz CT molecular complexity index is 139. The summed E-state index contributed by atoms with van der Waals surface area (Å²) in [5.41, 5.74) is 0.0148. The van der Waals surface area contributed by atoms with Gasteiger partial charge in [0.1, 0.15) is 10.2 Å². The molecule has 3 nitrogen and oxygen atoms in total. The van der Waals surface area contributed by atoms with E-state index in [4.69, 9.17) is 0 Å². The maximum Gasteiger partial charge on any atom is 0.278 e. The van der Waals surface area contributed by atoms with E-state index in [9.17, 15) is 8.42 Å². The Balaban J connectivity index is 3.76. The molecule has 0 aromatic rings. The number of hydrogen-bond acceptors (Lipinski definition) is 3. The Morgan fingerprint density at radius 3 is 2.00 bits per heavy atom. The van der Waals surface area contributed by atoms with Crippen LogP contribution in [0.1, 0.15) is 0 Å². The van der Waals surface area contributed by atoms with Crippen molar-refractivity contribution in [1.82, 2.24) is 0 Å². The Morgan fingerprint density at radius 1 is 1.38 bits per heavy atom. The zero-order valence-corrected chi connectivity index (χ0v) is 7.79. The van der Waals surface area contributed by atoms with E-state index in [-0.39, 0.29) is 10.2 Å². The zero-order valence-electron chi connectivity index (χ0n) is 3.80. The third kappa shape index (κ3) is 3.82. The van der Waals surface area contributed by atoms with Gasteiger partial charge in [-0.1, -0.05) is 31.9 Å². The second-order valence-corrected chi connectivity index (χ2v) is 4.29. The van der Waals surface area contributed by atoms with Crippen LogP contribution in [0.4, 0.5) is 0 Å². The van der Waals surface area contributed by atoms with E-state index in [1.807, 2.05) is 0 Å². The minimum atomic E-state index is -3.30. The molecular formula is C2H4Br2O3S.